The molecule has 0 saturated carbocycles. The van der Waals surface area contributed by atoms with Crippen LogP contribution in [0.15, 0.2) is 72.8 Å². The Bertz CT molecular complexity index is 1350. The van der Waals surface area contributed by atoms with Gasteiger partial charge in [0.2, 0.25) is 5.91 Å². The van der Waals surface area contributed by atoms with E-state index in [1.165, 1.54) is 0 Å². The van der Waals surface area contributed by atoms with Gasteiger partial charge in [-0.15, -0.1) is 0 Å². The highest BCUT2D eigenvalue weighted by Gasteiger charge is 2.38. The summed E-state index contributed by atoms with van der Waals surface area (Å²) >= 11 is 6.08. The number of nitrogens with zero attached hydrogens (tertiary/aromatic N) is 2. The number of carbonyl (C=O) groups excluding carboxylic acids is 3. The number of hydrogen-bond donors (Lipinski definition) is 1. The third-order valence-electron chi connectivity index (χ3n) is 6.82. The molecule has 2 aliphatic rings. The van der Waals surface area contributed by atoms with Crippen LogP contribution in [0, 0.1) is 0 Å². The van der Waals surface area contributed by atoms with Crippen molar-refractivity contribution in [3.8, 4) is 5.75 Å². The number of amides is 3. The van der Waals surface area contributed by atoms with E-state index in [0.29, 0.717) is 29.3 Å². The van der Waals surface area contributed by atoms with Crippen molar-refractivity contribution >= 4 is 40.9 Å². The first-order chi connectivity index (χ1) is 18.3. The van der Waals surface area contributed by atoms with Gasteiger partial charge in [-0.25, -0.2) is 4.79 Å². The molecule has 0 aromatic heterocycles. The summed E-state index contributed by atoms with van der Waals surface area (Å²) in [5, 5.41) is 3.19. The number of alkyl carbamates (subject to hydrolysis) is 1. The lowest BCUT2D eigenvalue weighted by Crippen LogP contribution is -2.47. The standard InChI is InChI=1S/C29H28ClN3O5/c1-18-15-27(33(19(2)34)22-11-9-21(30)10-12-22)25-5-3-4-6-26(25)32(18)28(35)20-7-13-23(14-8-20)37-17-24-16-31-29(36)38-24/h3-14,18,24,27H,15-17H2,1-2H3,(H,31,36). The fraction of sp³-hybridized carbons (Fsp3) is 0.276. The Labute approximate surface area is 226 Å². The number of halogens is 1. The van der Waals surface area contributed by atoms with Crippen molar-refractivity contribution in [3.63, 3.8) is 0 Å². The molecule has 5 rings (SSSR count). The quantitative estimate of drug-likeness (QED) is 0.461. The average molecular weight is 534 g/mol. The Morgan fingerprint density at radius 1 is 1.08 bits per heavy atom. The molecule has 8 nitrogen and oxygen atoms in total. The van der Waals surface area contributed by atoms with Crippen LogP contribution < -0.4 is 19.9 Å². The lowest BCUT2D eigenvalue weighted by atomic mass is 9.89. The van der Waals surface area contributed by atoms with Gasteiger partial charge >= 0.3 is 6.09 Å². The van der Waals surface area contributed by atoms with E-state index in [0.717, 1.165) is 16.9 Å². The Morgan fingerprint density at radius 2 is 1.79 bits per heavy atom. The monoisotopic (exact) mass is 533 g/mol. The van der Waals surface area contributed by atoms with Crippen molar-refractivity contribution in [1.82, 2.24) is 5.32 Å². The summed E-state index contributed by atoms with van der Waals surface area (Å²) in [6.45, 7) is 4.18. The van der Waals surface area contributed by atoms with E-state index in [9.17, 15) is 14.4 Å². The summed E-state index contributed by atoms with van der Waals surface area (Å²) < 4.78 is 10.8. The molecule has 38 heavy (non-hydrogen) atoms. The van der Waals surface area contributed by atoms with Gasteiger partial charge < -0.3 is 24.6 Å². The molecular weight excluding hydrogens is 506 g/mol. The van der Waals surface area contributed by atoms with Gasteiger partial charge in [0.05, 0.1) is 12.6 Å². The molecule has 1 N–H and O–H groups in total. The van der Waals surface area contributed by atoms with Crippen molar-refractivity contribution < 1.29 is 23.9 Å². The number of rotatable bonds is 6. The van der Waals surface area contributed by atoms with Crippen molar-refractivity contribution in [2.24, 2.45) is 0 Å². The van der Waals surface area contributed by atoms with Crippen molar-refractivity contribution in [1.29, 1.82) is 0 Å². The lowest BCUT2D eigenvalue weighted by Gasteiger charge is -2.43. The van der Waals surface area contributed by atoms with Gasteiger partial charge in [-0.1, -0.05) is 29.8 Å². The third-order valence-corrected chi connectivity index (χ3v) is 7.07. The van der Waals surface area contributed by atoms with Crippen molar-refractivity contribution in [3.05, 3.63) is 88.9 Å². The topological polar surface area (TPSA) is 88.2 Å². The third kappa shape index (κ3) is 5.17. The Kier molecular flexibility index (Phi) is 7.24. The molecule has 196 valence electrons. The lowest BCUT2D eigenvalue weighted by molar-refractivity contribution is -0.117. The first kappa shape index (κ1) is 25.6. The van der Waals surface area contributed by atoms with Crippen LogP contribution in [0.4, 0.5) is 16.2 Å². The van der Waals surface area contributed by atoms with Crippen molar-refractivity contribution in [2.75, 3.05) is 23.0 Å². The second-order valence-electron chi connectivity index (χ2n) is 9.44. The number of para-hydroxylation sites is 1. The Hall–Kier alpha value is -4.04. The minimum absolute atomic E-state index is 0.0853. The first-order valence-corrected chi connectivity index (χ1v) is 12.8. The molecule has 0 radical (unpaired) electrons. The molecule has 2 heterocycles. The Morgan fingerprint density at radius 3 is 2.45 bits per heavy atom. The zero-order chi connectivity index (χ0) is 26.8. The van der Waals surface area contributed by atoms with E-state index < -0.39 is 6.09 Å². The first-order valence-electron chi connectivity index (χ1n) is 12.5. The van der Waals surface area contributed by atoms with Crippen LogP contribution in [0.2, 0.25) is 5.02 Å². The number of ether oxygens (including phenoxy) is 2. The van der Waals surface area contributed by atoms with E-state index >= 15 is 0 Å². The van der Waals surface area contributed by atoms with Crippen LogP contribution in [-0.2, 0) is 9.53 Å². The molecule has 3 aromatic rings. The zero-order valence-corrected chi connectivity index (χ0v) is 21.9. The maximum absolute atomic E-state index is 13.7. The average Bonchev–Trinajstić information content (AvgIpc) is 3.33. The number of carbonyl (C=O) groups is 3. The number of benzene rings is 3. The van der Waals surface area contributed by atoms with Gasteiger partial charge in [0.25, 0.3) is 5.91 Å². The van der Waals surface area contributed by atoms with Crippen LogP contribution in [0.5, 0.6) is 5.75 Å². The van der Waals surface area contributed by atoms with Gasteiger partial charge in [0.15, 0.2) is 6.10 Å². The van der Waals surface area contributed by atoms with Gasteiger partial charge in [-0.2, -0.15) is 0 Å². The molecule has 3 aromatic carbocycles. The highest BCUT2D eigenvalue weighted by molar-refractivity contribution is 6.30. The summed E-state index contributed by atoms with van der Waals surface area (Å²) in [4.78, 5) is 41.3. The fourth-order valence-corrected chi connectivity index (χ4v) is 5.19. The molecule has 0 spiro atoms. The summed E-state index contributed by atoms with van der Waals surface area (Å²) in [5.41, 5.74) is 2.96. The summed E-state index contributed by atoms with van der Waals surface area (Å²) in [6.07, 6.45) is -0.220. The van der Waals surface area contributed by atoms with Crippen LogP contribution >= 0.6 is 11.6 Å². The molecule has 1 saturated heterocycles. The highest BCUT2D eigenvalue weighted by atomic mass is 35.5. The molecule has 0 bridgehead atoms. The van der Waals surface area contributed by atoms with Crippen LogP contribution in [-0.4, -0.2) is 43.2 Å². The summed E-state index contributed by atoms with van der Waals surface area (Å²) in [5.74, 6) is 0.360. The van der Waals surface area contributed by atoms with E-state index in [-0.39, 0.29) is 36.6 Å². The number of anilines is 2. The Balaban J connectivity index is 1.38. The minimum atomic E-state index is -0.447. The number of cyclic esters (lactones) is 1. The minimum Gasteiger partial charge on any atom is -0.490 e. The van der Waals surface area contributed by atoms with E-state index in [1.807, 2.05) is 43.3 Å². The molecule has 9 heteroatoms. The van der Waals surface area contributed by atoms with E-state index in [1.54, 1.807) is 53.1 Å². The molecule has 1 fully saturated rings. The molecular formula is C29H28ClN3O5. The maximum atomic E-state index is 13.7. The van der Waals surface area contributed by atoms with Crippen molar-refractivity contribution in [2.45, 2.75) is 38.5 Å². The predicted octanol–water partition coefficient (Wildman–Crippen LogP) is 5.36. The highest BCUT2D eigenvalue weighted by Crippen LogP contribution is 2.43. The molecule has 0 aliphatic carbocycles. The number of fused-ring (bicyclic) bond motifs is 1. The molecule has 2 aliphatic heterocycles. The zero-order valence-electron chi connectivity index (χ0n) is 21.1. The van der Waals surface area contributed by atoms with Gasteiger partial charge in [-0.05, 0) is 73.5 Å². The molecule has 3 amide bonds. The van der Waals surface area contributed by atoms with Gasteiger partial charge in [0, 0.05) is 34.9 Å². The smallest absolute Gasteiger partial charge is 0.407 e. The van der Waals surface area contributed by atoms with Gasteiger partial charge in [0.1, 0.15) is 12.4 Å². The SMILES string of the molecule is CC(=O)N(c1ccc(Cl)cc1)C1CC(C)N(C(=O)c2ccc(OCC3CNC(=O)O3)cc2)c2ccccc21. The molecule has 3 atom stereocenters. The van der Waals surface area contributed by atoms with Gasteiger partial charge in [-0.3, -0.25) is 9.59 Å². The molecule has 3 unspecified atom stereocenters. The second-order valence-corrected chi connectivity index (χ2v) is 9.88. The largest absolute Gasteiger partial charge is 0.490 e. The summed E-state index contributed by atoms with van der Waals surface area (Å²) in [6, 6.07) is 21.5. The summed E-state index contributed by atoms with van der Waals surface area (Å²) in [7, 11) is 0. The number of nitrogens with one attached hydrogen (secondary N) is 1. The predicted molar refractivity (Wildman–Crippen MR) is 145 cm³/mol. The normalized spacial score (nSPS) is 20.2. The van der Waals surface area contributed by atoms with Crippen LogP contribution in [0.25, 0.3) is 0 Å². The van der Waals surface area contributed by atoms with E-state index in [4.69, 9.17) is 21.1 Å². The maximum Gasteiger partial charge on any atom is 0.407 e. The van der Waals surface area contributed by atoms with Crippen LogP contribution in [0.1, 0.15) is 42.2 Å². The van der Waals surface area contributed by atoms with E-state index in [2.05, 4.69) is 5.32 Å². The van der Waals surface area contributed by atoms with Crippen LogP contribution in [0.3, 0.4) is 0 Å². The number of hydrogen-bond acceptors (Lipinski definition) is 5. The fourth-order valence-electron chi connectivity index (χ4n) is 5.07. The second kappa shape index (κ2) is 10.8.